The molecule has 2 aliphatic rings. The van der Waals surface area contributed by atoms with Gasteiger partial charge in [-0.05, 0) is 85.6 Å². The number of benzene rings is 5. The zero-order chi connectivity index (χ0) is 32.3. The zero-order valence-electron chi connectivity index (χ0n) is 25.8. The number of hydrogen-bond donors (Lipinski definition) is 0. The second-order valence-corrected chi connectivity index (χ2v) is 12.3. The van der Waals surface area contributed by atoms with Gasteiger partial charge in [-0.2, -0.15) is 0 Å². The van der Waals surface area contributed by atoms with Gasteiger partial charge in [0.25, 0.3) is 23.6 Å². The second kappa shape index (κ2) is 10.7. The summed E-state index contributed by atoms with van der Waals surface area (Å²) in [5.41, 5.74) is 5.85. The van der Waals surface area contributed by atoms with Gasteiger partial charge >= 0.3 is 0 Å². The van der Waals surface area contributed by atoms with Gasteiger partial charge in [-0.1, -0.05) is 73.5 Å². The van der Waals surface area contributed by atoms with Crippen molar-refractivity contribution in [3.05, 3.63) is 154 Å². The summed E-state index contributed by atoms with van der Waals surface area (Å²) in [7, 11) is 0. The summed E-state index contributed by atoms with van der Waals surface area (Å²) < 4.78 is 6.10. The molecule has 0 radical (unpaired) electrons. The zero-order valence-corrected chi connectivity index (χ0v) is 25.8. The Morgan fingerprint density at radius 1 is 0.478 bits per heavy atom. The van der Waals surface area contributed by atoms with Crippen molar-refractivity contribution in [2.75, 3.05) is 9.80 Å². The first-order chi connectivity index (χ1) is 22.0. The number of rotatable bonds is 6. The van der Waals surface area contributed by atoms with Gasteiger partial charge in [0, 0.05) is 5.41 Å². The van der Waals surface area contributed by atoms with Crippen molar-refractivity contribution in [3.63, 3.8) is 0 Å². The summed E-state index contributed by atoms with van der Waals surface area (Å²) in [6.45, 7) is 8.28. The number of nitrogens with zero attached hydrogens (tertiary/aromatic N) is 2. The van der Waals surface area contributed by atoms with E-state index >= 15 is 0 Å². The molecule has 0 bridgehead atoms. The van der Waals surface area contributed by atoms with E-state index < -0.39 is 23.6 Å². The average molecular weight is 607 g/mol. The molecule has 5 aromatic carbocycles. The van der Waals surface area contributed by atoms with Crippen LogP contribution < -0.4 is 14.5 Å². The number of ether oxygens (including phenoxy) is 1. The molecule has 226 valence electrons. The van der Waals surface area contributed by atoms with Gasteiger partial charge in [0.2, 0.25) is 0 Å². The standard InChI is InChI=1S/C39H30N2O5/c1-23-8-11-25(12-9-23)39(3,4)26-13-15-29(16-14-26)46-30-17-19-32-34(22-30)38(45)41(36(32)43)28-7-5-6-27(21-28)40-35(42)31-18-10-24(2)20-33(31)37(40)44/h5-22H,1-4H3. The molecule has 0 N–H and O–H groups in total. The molecule has 0 unspecified atom stereocenters. The van der Waals surface area contributed by atoms with E-state index in [2.05, 4.69) is 45.0 Å². The van der Waals surface area contributed by atoms with E-state index in [0.29, 0.717) is 22.6 Å². The quantitative estimate of drug-likeness (QED) is 0.183. The van der Waals surface area contributed by atoms with E-state index in [1.54, 1.807) is 54.6 Å². The highest BCUT2D eigenvalue weighted by Gasteiger charge is 2.39. The second-order valence-electron chi connectivity index (χ2n) is 12.3. The number of amides is 4. The van der Waals surface area contributed by atoms with Crippen LogP contribution in [-0.4, -0.2) is 23.6 Å². The van der Waals surface area contributed by atoms with E-state index in [1.807, 2.05) is 31.2 Å². The Bertz CT molecular complexity index is 2090. The maximum atomic E-state index is 13.6. The van der Waals surface area contributed by atoms with Crippen LogP contribution in [0.25, 0.3) is 0 Å². The van der Waals surface area contributed by atoms with Crippen molar-refractivity contribution in [1.82, 2.24) is 0 Å². The lowest BCUT2D eigenvalue weighted by Gasteiger charge is -2.26. The first-order valence-corrected chi connectivity index (χ1v) is 15.0. The van der Waals surface area contributed by atoms with Crippen molar-refractivity contribution in [1.29, 1.82) is 0 Å². The lowest BCUT2D eigenvalue weighted by molar-refractivity contribution is 0.0912. The van der Waals surface area contributed by atoms with E-state index in [4.69, 9.17) is 4.74 Å². The minimum atomic E-state index is -0.518. The van der Waals surface area contributed by atoms with Crippen LogP contribution in [-0.2, 0) is 5.41 Å². The van der Waals surface area contributed by atoms with Crippen LogP contribution in [0.15, 0.2) is 109 Å². The monoisotopic (exact) mass is 606 g/mol. The van der Waals surface area contributed by atoms with E-state index in [-0.39, 0.29) is 27.9 Å². The number of imide groups is 2. The van der Waals surface area contributed by atoms with E-state index in [9.17, 15) is 19.2 Å². The van der Waals surface area contributed by atoms with Crippen molar-refractivity contribution < 1.29 is 23.9 Å². The third-order valence-corrected chi connectivity index (χ3v) is 8.83. The molecule has 4 amide bonds. The van der Waals surface area contributed by atoms with Gasteiger partial charge in [0.1, 0.15) is 11.5 Å². The molecule has 2 aliphatic heterocycles. The normalized spacial score (nSPS) is 14.2. The fourth-order valence-corrected chi connectivity index (χ4v) is 6.09. The summed E-state index contributed by atoms with van der Waals surface area (Å²) >= 11 is 0. The summed E-state index contributed by atoms with van der Waals surface area (Å²) in [4.78, 5) is 55.5. The lowest BCUT2D eigenvalue weighted by Crippen LogP contribution is -2.31. The fourth-order valence-electron chi connectivity index (χ4n) is 6.09. The van der Waals surface area contributed by atoms with Crippen molar-refractivity contribution in [3.8, 4) is 11.5 Å². The number of aryl methyl sites for hydroxylation is 2. The molecule has 0 saturated heterocycles. The highest BCUT2D eigenvalue weighted by atomic mass is 16.5. The molecular formula is C39H30N2O5. The van der Waals surface area contributed by atoms with Crippen LogP contribution in [0, 0.1) is 13.8 Å². The van der Waals surface area contributed by atoms with Crippen molar-refractivity contribution in [2.24, 2.45) is 0 Å². The Balaban J connectivity index is 1.11. The predicted octanol–water partition coefficient (Wildman–Crippen LogP) is 8.02. The molecule has 0 aliphatic carbocycles. The SMILES string of the molecule is Cc1ccc(C(C)(C)c2ccc(Oc3ccc4c(c3)C(=O)N(c3cccc(N5C(=O)c6ccc(C)cc6C5=O)c3)C4=O)cc2)cc1. The third-order valence-electron chi connectivity index (χ3n) is 8.83. The molecule has 0 saturated carbocycles. The molecule has 7 nitrogen and oxygen atoms in total. The van der Waals surface area contributed by atoms with Crippen LogP contribution in [0.1, 0.15) is 77.5 Å². The summed E-state index contributed by atoms with van der Waals surface area (Å²) in [5.74, 6) is -0.895. The van der Waals surface area contributed by atoms with Crippen LogP contribution in [0.5, 0.6) is 11.5 Å². The topological polar surface area (TPSA) is 84.0 Å². The van der Waals surface area contributed by atoms with Crippen molar-refractivity contribution >= 4 is 35.0 Å². The number of carbonyl (C=O) groups is 4. The Labute approximate surface area is 266 Å². The van der Waals surface area contributed by atoms with Gasteiger partial charge in [0.15, 0.2) is 0 Å². The van der Waals surface area contributed by atoms with Crippen LogP contribution in [0.4, 0.5) is 11.4 Å². The van der Waals surface area contributed by atoms with Crippen LogP contribution >= 0.6 is 0 Å². The van der Waals surface area contributed by atoms with Crippen LogP contribution in [0.3, 0.4) is 0 Å². The number of carbonyl (C=O) groups excluding carboxylic acids is 4. The first kappa shape index (κ1) is 28.9. The number of anilines is 2. The van der Waals surface area contributed by atoms with Gasteiger partial charge in [-0.15, -0.1) is 0 Å². The molecular weight excluding hydrogens is 576 g/mol. The molecule has 0 atom stereocenters. The molecule has 2 heterocycles. The Morgan fingerprint density at radius 3 is 1.52 bits per heavy atom. The van der Waals surface area contributed by atoms with E-state index in [0.717, 1.165) is 20.9 Å². The lowest BCUT2D eigenvalue weighted by atomic mass is 9.78. The fraction of sp³-hybridized carbons (Fsp3) is 0.128. The number of fused-ring (bicyclic) bond motifs is 2. The maximum Gasteiger partial charge on any atom is 0.266 e. The molecule has 7 heteroatoms. The minimum Gasteiger partial charge on any atom is -0.457 e. The maximum absolute atomic E-state index is 13.6. The summed E-state index contributed by atoms with van der Waals surface area (Å²) in [6.07, 6.45) is 0. The summed E-state index contributed by atoms with van der Waals surface area (Å²) in [5, 5.41) is 0. The molecule has 0 fully saturated rings. The highest BCUT2D eigenvalue weighted by Crippen LogP contribution is 2.37. The average Bonchev–Trinajstić information content (AvgIpc) is 3.44. The van der Waals surface area contributed by atoms with Crippen molar-refractivity contribution in [2.45, 2.75) is 33.1 Å². The first-order valence-electron chi connectivity index (χ1n) is 15.0. The van der Waals surface area contributed by atoms with Crippen LogP contribution in [0.2, 0.25) is 0 Å². The van der Waals surface area contributed by atoms with Gasteiger partial charge in [-0.25, -0.2) is 9.80 Å². The smallest absolute Gasteiger partial charge is 0.266 e. The highest BCUT2D eigenvalue weighted by molar-refractivity contribution is 6.36. The Kier molecular flexibility index (Phi) is 6.71. The molecule has 0 aromatic heterocycles. The molecule has 5 aromatic rings. The summed E-state index contributed by atoms with van der Waals surface area (Å²) in [6, 6.07) is 32.6. The molecule has 46 heavy (non-hydrogen) atoms. The van der Waals surface area contributed by atoms with Gasteiger partial charge < -0.3 is 4.74 Å². The molecule has 7 rings (SSSR count). The Hall–Kier alpha value is -5.82. The Morgan fingerprint density at radius 2 is 0.935 bits per heavy atom. The van der Waals surface area contributed by atoms with Gasteiger partial charge in [-0.3, -0.25) is 19.2 Å². The third kappa shape index (κ3) is 4.68. The molecule has 0 spiro atoms. The largest absolute Gasteiger partial charge is 0.457 e. The van der Waals surface area contributed by atoms with E-state index in [1.165, 1.54) is 17.2 Å². The number of hydrogen-bond acceptors (Lipinski definition) is 5. The van der Waals surface area contributed by atoms with Gasteiger partial charge in [0.05, 0.1) is 33.6 Å². The minimum absolute atomic E-state index is 0.203. The predicted molar refractivity (Wildman–Crippen MR) is 176 cm³/mol.